The zero-order valence-electron chi connectivity index (χ0n) is 9.96. The van der Waals surface area contributed by atoms with Crippen LogP contribution in [-0.2, 0) is 5.41 Å². The molecule has 0 fully saturated rings. The van der Waals surface area contributed by atoms with Crippen molar-refractivity contribution in [1.82, 2.24) is 0 Å². The Bertz CT molecular complexity index is 646. The van der Waals surface area contributed by atoms with Gasteiger partial charge in [-0.15, -0.1) is 0 Å². The summed E-state index contributed by atoms with van der Waals surface area (Å²) in [5, 5.41) is 21.9. The van der Waals surface area contributed by atoms with Gasteiger partial charge in [-0.25, -0.2) is 0 Å². The second-order valence-electron chi connectivity index (χ2n) is 4.50. The van der Waals surface area contributed by atoms with E-state index < -0.39 is 10.3 Å². The molecule has 0 heterocycles. The normalized spacial score (nSPS) is 13.8. The molecule has 1 unspecified atom stereocenters. The second-order valence-corrected chi connectivity index (χ2v) is 4.50. The summed E-state index contributed by atoms with van der Waals surface area (Å²) < 4.78 is 0. The van der Waals surface area contributed by atoms with Gasteiger partial charge >= 0.3 is 0 Å². The summed E-state index contributed by atoms with van der Waals surface area (Å²) in [6, 6.07) is 15.3. The number of hydrogen-bond donors (Lipinski definition) is 0. The molecular formula is C14H12N2O2. The zero-order chi connectivity index (χ0) is 13.2. The molecule has 0 bridgehead atoms. The van der Waals surface area contributed by atoms with Gasteiger partial charge in [0.05, 0.1) is 6.07 Å². The van der Waals surface area contributed by atoms with Gasteiger partial charge < -0.3 is 0 Å². The van der Waals surface area contributed by atoms with Crippen molar-refractivity contribution in [3.63, 3.8) is 0 Å². The molecule has 0 saturated heterocycles. The summed E-state index contributed by atoms with van der Waals surface area (Å²) in [5.74, 6) is 0. The van der Waals surface area contributed by atoms with Crippen molar-refractivity contribution in [3.05, 3.63) is 58.1 Å². The maximum absolute atomic E-state index is 10.7. The Hall–Kier alpha value is -2.41. The summed E-state index contributed by atoms with van der Waals surface area (Å²) in [5.41, 5.74) is -0.409. The molecule has 90 valence electrons. The van der Waals surface area contributed by atoms with Crippen LogP contribution in [0.15, 0.2) is 42.5 Å². The smallest absolute Gasteiger partial charge is 0.226 e. The minimum atomic E-state index is -1.09. The Morgan fingerprint density at radius 2 is 1.94 bits per heavy atom. The Morgan fingerprint density at radius 3 is 2.56 bits per heavy atom. The molecule has 4 nitrogen and oxygen atoms in total. The molecule has 0 amide bonds. The first-order valence-electron chi connectivity index (χ1n) is 5.57. The van der Waals surface area contributed by atoms with Gasteiger partial charge in [0.15, 0.2) is 0 Å². The van der Waals surface area contributed by atoms with Crippen LogP contribution in [0.3, 0.4) is 0 Å². The van der Waals surface area contributed by atoms with Gasteiger partial charge in [-0.3, -0.25) is 10.1 Å². The highest BCUT2D eigenvalue weighted by Gasteiger charge is 2.32. The van der Waals surface area contributed by atoms with E-state index in [0.29, 0.717) is 5.56 Å². The van der Waals surface area contributed by atoms with Crippen molar-refractivity contribution >= 4 is 10.8 Å². The lowest BCUT2D eigenvalue weighted by Crippen LogP contribution is -2.29. The average Bonchev–Trinajstić information content (AvgIpc) is 2.37. The van der Waals surface area contributed by atoms with E-state index in [-0.39, 0.29) is 6.54 Å². The summed E-state index contributed by atoms with van der Waals surface area (Å²) in [7, 11) is 0. The van der Waals surface area contributed by atoms with Crippen LogP contribution in [0.5, 0.6) is 0 Å². The van der Waals surface area contributed by atoms with Crippen LogP contribution in [-0.4, -0.2) is 11.5 Å². The van der Waals surface area contributed by atoms with Crippen LogP contribution in [0.25, 0.3) is 10.8 Å². The van der Waals surface area contributed by atoms with Gasteiger partial charge in [-0.2, -0.15) is 5.26 Å². The van der Waals surface area contributed by atoms with Gasteiger partial charge in [0.25, 0.3) is 0 Å². The maximum Gasteiger partial charge on any atom is 0.226 e. The third-order valence-corrected chi connectivity index (χ3v) is 3.08. The lowest BCUT2D eigenvalue weighted by Gasteiger charge is -2.17. The lowest BCUT2D eigenvalue weighted by atomic mass is 9.83. The molecule has 0 spiro atoms. The predicted octanol–water partition coefficient (Wildman–Crippen LogP) is 2.90. The fourth-order valence-electron chi connectivity index (χ4n) is 1.98. The second kappa shape index (κ2) is 4.46. The monoisotopic (exact) mass is 240 g/mol. The summed E-state index contributed by atoms with van der Waals surface area (Å²) in [6.45, 7) is 1.21. The topological polar surface area (TPSA) is 66.9 Å². The number of nitro groups is 1. The lowest BCUT2D eigenvalue weighted by molar-refractivity contribution is -0.487. The van der Waals surface area contributed by atoms with E-state index in [9.17, 15) is 15.4 Å². The van der Waals surface area contributed by atoms with Crippen LogP contribution < -0.4 is 0 Å². The minimum absolute atomic E-state index is 0.387. The van der Waals surface area contributed by atoms with Crippen LogP contribution in [0.4, 0.5) is 0 Å². The summed E-state index contributed by atoms with van der Waals surface area (Å²) in [4.78, 5) is 10.2. The molecule has 4 heteroatoms. The number of hydrogen-bond acceptors (Lipinski definition) is 3. The number of nitrogens with zero attached hydrogens (tertiary/aromatic N) is 2. The number of rotatable bonds is 3. The Kier molecular flexibility index (Phi) is 2.99. The summed E-state index contributed by atoms with van der Waals surface area (Å²) in [6.07, 6.45) is 0. The third-order valence-electron chi connectivity index (χ3n) is 3.08. The molecular weight excluding hydrogens is 228 g/mol. The van der Waals surface area contributed by atoms with Crippen LogP contribution >= 0.6 is 0 Å². The largest absolute Gasteiger partial charge is 0.264 e. The van der Waals surface area contributed by atoms with Crippen molar-refractivity contribution in [2.45, 2.75) is 12.3 Å². The van der Waals surface area contributed by atoms with E-state index in [1.807, 2.05) is 42.5 Å². The van der Waals surface area contributed by atoms with Crippen molar-refractivity contribution in [2.24, 2.45) is 0 Å². The van der Waals surface area contributed by atoms with Crippen LogP contribution in [0.1, 0.15) is 12.5 Å². The predicted molar refractivity (Wildman–Crippen MR) is 68.8 cm³/mol. The van der Waals surface area contributed by atoms with Gasteiger partial charge in [0, 0.05) is 4.92 Å². The van der Waals surface area contributed by atoms with E-state index in [4.69, 9.17) is 0 Å². The van der Waals surface area contributed by atoms with E-state index in [1.54, 1.807) is 13.0 Å². The molecule has 0 aliphatic carbocycles. The molecule has 0 aliphatic heterocycles. The molecule has 0 aliphatic rings. The molecule has 2 rings (SSSR count). The fourth-order valence-corrected chi connectivity index (χ4v) is 1.98. The number of fused-ring (bicyclic) bond motifs is 1. The first-order valence-corrected chi connectivity index (χ1v) is 5.57. The maximum atomic E-state index is 10.7. The molecule has 0 radical (unpaired) electrons. The Morgan fingerprint density at radius 1 is 1.28 bits per heavy atom. The van der Waals surface area contributed by atoms with Crippen molar-refractivity contribution in [3.8, 4) is 6.07 Å². The van der Waals surface area contributed by atoms with Gasteiger partial charge in [-0.1, -0.05) is 36.4 Å². The standard InChI is InChI=1S/C14H12N2O2/c1-14(9-15,10-16(17)18)13-7-6-11-4-2-3-5-12(11)8-13/h2-8H,10H2,1H3. The third kappa shape index (κ3) is 2.16. The molecule has 1 atom stereocenters. The average molecular weight is 240 g/mol. The van der Waals surface area contributed by atoms with Crippen LogP contribution in [0, 0.1) is 21.4 Å². The minimum Gasteiger partial charge on any atom is -0.264 e. The highest BCUT2D eigenvalue weighted by atomic mass is 16.6. The summed E-state index contributed by atoms with van der Waals surface area (Å²) >= 11 is 0. The zero-order valence-corrected chi connectivity index (χ0v) is 9.96. The first-order chi connectivity index (χ1) is 8.55. The van der Waals surface area contributed by atoms with Crippen LogP contribution in [0.2, 0.25) is 0 Å². The van der Waals surface area contributed by atoms with Crippen molar-refractivity contribution in [2.75, 3.05) is 6.54 Å². The van der Waals surface area contributed by atoms with E-state index in [0.717, 1.165) is 10.8 Å². The van der Waals surface area contributed by atoms with E-state index in [2.05, 4.69) is 0 Å². The van der Waals surface area contributed by atoms with E-state index in [1.165, 1.54) is 0 Å². The fraction of sp³-hybridized carbons (Fsp3) is 0.214. The first kappa shape index (κ1) is 12.1. The number of benzene rings is 2. The molecule has 18 heavy (non-hydrogen) atoms. The molecule has 2 aromatic carbocycles. The van der Waals surface area contributed by atoms with E-state index >= 15 is 0 Å². The SMILES string of the molecule is CC(C#N)(C[N+](=O)[O-])c1ccc2ccccc2c1. The van der Waals surface area contributed by atoms with Gasteiger partial charge in [0.2, 0.25) is 6.54 Å². The van der Waals surface area contributed by atoms with Crippen molar-refractivity contribution < 1.29 is 4.92 Å². The Labute approximate surface area is 105 Å². The number of nitriles is 1. The van der Waals surface area contributed by atoms with Gasteiger partial charge in [0.1, 0.15) is 5.41 Å². The molecule has 0 aromatic heterocycles. The van der Waals surface area contributed by atoms with Crippen molar-refractivity contribution in [1.29, 1.82) is 5.26 Å². The van der Waals surface area contributed by atoms with Gasteiger partial charge in [-0.05, 0) is 29.3 Å². The molecule has 2 aromatic rings. The quantitative estimate of drug-likeness (QED) is 0.612. The molecule has 0 N–H and O–H groups in total. The molecule has 0 saturated carbocycles. The Balaban J connectivity index is 2.52. The highest BCUT2D eigenvalue weighted by molar-refractivity contribution is 5.83. The highest BCUT2D eigenvalue weighted by Crippen LogP contribution is 2.26.